The number of amides is 2. The minimum Gasteiger partial charge on any atom is -0.301 e. The molecule has 27 heavy (non-hydrogen) atoms. The molecule has 136 valence electrons. The quantitative estimate of drug-likeness (QED) is 0.288. The molecule has 0 saturated carbocycles. The van der Waals surface area contributed by atoms with E-state index in [0.717, 1.165) is 5.56 Å². The van der Waals surface area contributed by atoms with E-state index in [1.54, 1.807) is 12.1 Å². The molecule has 1 heterocycles. The number of nitrogens with zero attached hydrogens (tertiary/aromatic N) is 3. The van der Waals surface area contributed by atoms with Gasteiger partial charge in [-0.3, -0.25) is 29.6 Å². The van der Waals surface area contributed by atoms with Crippen molar-refractivity contribution >= 4 is 52.4 Å². The van der Waals surface area contributed by atoms with E-state index in [0.29, 0.717) is 11.4 Å². The Morgan fingerprint density at radius 1 is 1.15 bits per heavy atom. The Morgan fingerprint density at radius 3 is 2.37 bits per heavy atom. The van der Waals surface area contributed by atoms with E-state index in [-0.39, 0.29) is 10.8 Å². The molecule has 0 aliphatic carbocycles. The van der Waals surface area contributed by atoms with Gasteiger partial charge in [-0.25, -0.2) is 0 Å². The molecule has 1 aliphatic heterocycles. The maximum Gasteiger partial charge on any atom is 0.269 e. The van der Waals surface area contributed by atoms with Gasteiger partial charge in [-0.05, 0) is 43.4 Å². The lowest BCUT2D eigenvalue weighted by Crippen LogP contribution is -2.58. The van der Waals surface area contributed by atoms with Crippen LogP contribution in [0.3, 0.4) is 0 Å². The predicted octanol–water partition coefficient (Wildman–Crippen LogP) is 2.67. The second-order valence-electron chi connectivity index (χ2n) is 5.83. The van der Waals surface area contributed by atoms with Crippen LogP contribution in [0.5, 0.6) is 0 Å². The van der Waals surface area contributed by atoms with Crippen LogP contribution in [0.15, 0.2) is 53.5 Å². The predicted molar refractivity (Wildman–Crippen MR) is 104 cm³/mol. The molecule has 1 aliphatic rings. The van der Waals surface area contributed by atoms with E-state index in [1.165, 1.54) is 35.4 Å². The number of thiocarbonyl (C=S) groups is 1. The van der Waals surface area contributed by atoms with Crippen LogP contribution in [-0.4, -0.2) is 28.1 Å². The van der Waals surface area contributed by atoms with Gasteiger partial charge in [0.2, 0.25) is 5.91 Å². The summed E-state index contributed by atoms with van der Waals surface area (Å²) in [6.45, 7) is 1.92. The lowest BCUT2D eigenvalue weighted by molar-refractivity contribution is -0.384. The lowest BCUT2D eigenvalue weighted by atomic mass is 10.1. The van der Waals surface area contributed by atoms with Crippen molar-refractivity contribution in [1.82, 2.24) is 5.32 Å². The SMILES string of the molecule is Cc1ccc(N2C(=O)[C@@H](C=Nc3ccc([N+](=O)[O-])cc3)C(=O)NC2=S)cc1. The standard InChI is InChI=1S/C18H14N4O4S/c1-11-2-6-13(7-3-11)21-17(24)15(16(23)20-18(21)27)10-19-12-4-8-14(9-5-12)22(25)26/h2-10,15H,1H3,(H,20,23,27)/t15-/m0/s1. The van der Waals surface area contributed by atoms with Crippen molar-refractivity contribution in [3.8, 4) is 0 Å². The Labute approximate surface area is 159 Å². The van der Waals surface area contributed by atoms with Gasteiger partial charge in [-0.2, -0.15) is 0 Å². The molecule has 0 aromatic heterocycles. The molecule has 0 bridgehead atoms. The van der Waals surface area contributed by atoms with E-state index < -0.39 is 22.7 Å². The summed E-state index contributed by atoms with van der Waals surface area (Å²) in [5.41, 5.74) is 1.88. The highest BCUT2D eigenvalue weighted by Gasteiger charge is 2.38. The minimum atomic E-state index is -1.16. The molecular formula is C18H14N4O4S. The van der Waals surface area contributed by atoms with Crippen molar-refractivity contribution in [1.29, 1.82) is 0 Å². The Bertz CT molecular complexity index is 954. The zero-order valence-corrected chi connectivity index (χ0v) is 15.0. The van der Waals surface area contributed by atoms with Crippen molar-refractivity contribution in [2.24, 2.45) is 10.9 Å². The first-order valence-corrected chi connectivity index (χ1v) is 8.32. The van der Waals surface area contributed by atoms with Gasteiger partial charge in [0, 0.05) is 18.3 Å². The number of nitrogens with one attached hydrogen (secondary N) is 1. The van der Waals surface area contributed by atoms with Crippen LogP contribution in [0.4, 0.5) is 17.1 Å². The third-order valence-electron chi connectivity index (χ3n) is 3.93. The van der Waals surface area contributed by atoms with E-state index in [9.17, 15) is 19.7 Å². The van der Waals surface area contributed by atoms with Crippen molar-refractivity contribution < 1.29 is 14.5 Å². The Morgan fingerprint density at radius 2 is 1.78 bits per heavy atom. The van der Waals surface area contributed by atoms with Crippen molar-refractivity contribution in [3.05, 3.63) is 64.2 Å². The number of aryl methyl sites for hydroxylation is 1. The van der Waals surface area contributed by atoms with Crippen molar-refractivity contribution in [2.45, 2.75) is 6.92 Å². The molecule has 1 fully saturated rings. The Balaban J connectivity index is 1.84. The second kappa shape index (κ2) is 7.42. The number of aliphatic imine (C=N–C) groups is 1. The zero-order chi connectivity index (χ0) is 19.6. The number of carbonyl (C=O) groups excluding carboxylic acids is 2. The fourth-order valence-corrected chi connectivity index (χ4v) is 2.78. The number of benzene rings is 2. The van der Waals surface area contributed by atoms with Gasteiger partial charge < -0.3 is 5.32 Å². The van der Waals surface area contributed by atoms with Gasteiger partial charge in [0.15, 0.2) is 11.0 Å². The third kappa shape index (κ3) is 3.87. The normalized spacial score (nSPS) is 17.3. The van der Waals surface area contributed by atoms with Crippen molar-refractivity contribution in [2.75, 3.05) is 4.90 Å². The number of carbonyl (C=O) groups is 2. The molecule has 1 atom stereocenters. The fraction of sp³-hybridized carbons (Fsp3) is 0.111. The van der Waals surface area contributed by atoms with Crippen LogP contribution < -0.4 is 10.2 Å². The van der Waals surface area contributed by atoms with E-state index in [4.69, 9.17) is 12.2 Å². The molecule has 0 radical (unpaired) electrons. The van der Waals surface area contributed by atoms with Crippen LogP contribution in [0.2, 0.25) is 0 Å². The van der Waals surface area contributed by atoms with Gasteiger partial charge in [0.05, 0.1) is 16.3 Å². The van der Waals surface area contributed by atoms with Gasteiger partial charge in [0.25, 0.3) is 11.6 Å². The maximum atomic E-state index is 12.8. The molecule has 3 rings (SSSR count). The number of rotatable bonds is 4. The summed E-state index contributed by atoms with van der Waals surface area (Å²) in [4.78, 5) is 40.5. The number of non-ortho nitro benzene ring substituents is 1. The summed E-state index contributed by atoms with van der Waals surface area (Å²) in [7, 11) is 0. The van der Waals surface area contributed by atoms with E-state index in [2.05, 4.69) is 10.3 Å². The van der Waals surface area contributed by atoms with Crippen LogP contribution in [0, 0.1) is 23.0 Å². The molecular weight excluding hydrogens is 368 g/mol. The number of nitro benzene ring substituents is 1. The molecule has 0 unspecified atom stereocenters. The van der Waals surface area contributed by atoms with E-state index >= 15 is 0 Å². The molecule has 2 aromatic carbocycles. The zero-order valence-electron chi connectivity index (χ0n) is 14.2. The minimum absolute atomic E-state index is 0.00818. The van der Waals surface area contributed by atoms with Crippen LogP contribution in [0.1, 0.15) is 5.56 Å². The number of hydrogen-bond donors (Lipinski definition) is 1. The third-order valence-corrected chi connectivity index (χ3v) is 4.21. The van der Waals surface area contributed by atoms with E-state index in [1.807, 2.05) is 19.1 Å². The van der Waals surface area contributed by atoms with Gasteiger partial charge >= 0.3 is 0 Å². The number of hydrogen-bond acceptors (Lipinski definition) is 6. The molecule has 8 nitrogen and oxygen atoms in total. The highest BCUT2D eigenvalue weighted by atomic mass is 32.1. The summed E-state index contributed by atoms with van der Waals surface area (Å²) in [5, 5.41) is 13.2. The Kier molecular flexibility index (Phi) is 5.04. The number of nitro groups is 1. The lowest BCUT2D eigenvalue weighted by Gasteiger charge is -2.30. The largest absolute Gasteiger partial charge is 0.301 e. The second-order valence-corrected chi connectivity index (χ2v) is 6.22. The Hall–Kier alpha value is -3.46. The number of anilines is 1. The summed E-state index contributed by atoms with van der Waals surface area (Å²) >= 11 is 5.13. The molecule has 0 spiro atoms. The van der Waals surface area contributed by atoms with Gasteiger partial charge in [-0.15, -0.1) is 0 Å². The summed E-state index contributed by atoms with van der Waals surface area (Å²) in [6.07, 6.45) is 1.21. The monoisotopic (exact) mass is 382 g/mol. The van der Waals surface area contributed by atoms with Crippen LogP contribution in [0.25, 0.3) is 0 Å². The first-order valence-electron chi connectivity index (χ1n) is 7.91. The van der Waals surface area contributed by atoms with Gasteiger partial charge in [-0.1, -0.05) is 17.7 Å². The molecule has 9 heteroatoms. The van der Waals surface area contributed by atoms with Crippen LogP contribution in [-0.2, 0) is 9.59 Å². The fourth-order valence-electron chi connectivity index (χ4n) is 2.48. The first-order chi connectivity index (χ1) is 12.9. The summed E-state index contributed by atoms with van der Waals surface area (Å²) < 4.78 is 0. The summed E-state index contributed by atoms with van der Waals surface area (Å²) in [6, 6.07) is 12.6. The topological polar surface area (TPSA) is 105 Å². The van der Waals surface area contributed by atoms with Crippen LogP contribution >= 0.6 is 12.2 Å². The molecule has 2 aromatic rings. The molecule has 2 amide bonds. The summed E-state index contributed by atoms with van der Waals surface area (Å²) in [5.74, 6) is -2.24. The van der Waals surface area contributed by atoms with Crippen molar-refractivity contribution in [3.63, 3.8) is 0 Å². The highest BCUT2D eigenvalue weighted by molar-refractivity contribution is 7.80. The first kappa shape index (κ1) is 18.3. The smallest absolute Gasteiger partial charge is 0.269 e. The average molecular weight is 382 g/mol. The average Bonchev–Trinajstić information content (AvgIpc) is 2.63. The molecule has 1 saturated heterocycles. The molecule has 1 N–H and O–H groups in total. The van der Waals surface area contributed by atoms with Gasteiger partial charge in [0.1, 0.15) is 0 Å². The highest BCUT2D eigenvalue weighted by Crippen LogP contribution is 2.22. The maximum absolute atomic E-state index is 12.8.